The van der Waals surface area contributed by atoms with Gasteiger partial charge >= 0.3 is 11.9 Å². The molecule has 1 unspecified atom stereocenters. The summed E-state index contributed by atoms with van der Waals surface area (Å²) in [5, 5.41) is 2.72. The van der Waals surface area contributed by atoms with Gasteiger partial charge in [-0.05, 0) is 68.0 Å². The Morgan fingerprint density at radius 1 is 0.971 bits per heavy atom. The second-order valence-corrected chi connectivity index (χ2v) is 8.25. The van der Waals surface area contributed by atoms with Crippen molar-refractivity contribution in [1.29, 1.82) is 0 Å². The fourth-order valence-electron chi connectivity index (χ4n) is 3.66. The van der Waals surface area contributed by atoms with Crippen LogP contribution in [0.4, 0.5) is 0 Å². The molecular weight excluding hydrogens is 434 g/mol. The van der Waals surface area contributed by atoms with E-state index in [0.717, 1.165) is 45.9 Å². The maximum Gasteiger partial charge on any atom is 0.319 e. The molecule has 2 aromatic carbocycles. The summed E-state index contributed by atoms with van der Waals surface area (Å²) in [7, 11) is 1.69. The summed E-state index contributed by atoms with van der Waals surface area (Å²) in [6.45, 7) is 10.6. The number of hydrogen-bond acceptors (Lipinski definition) is 7. The Balaban J connectivity index is 1.95. The Kier molecular flexibility index (Phi) is 10.9. The van der Waals surface area contributed by atoms with Crippen LogP contribution in [-0.4, -0.2) is 45.4 Å². The highest BCUT2D eigenvalue weighted by atomic mass is 16.5. The highest BCUT2D eigenvalue weighted by Gasteiger charge is 2.14. The largest absolute Gasteiger partial charge is 0.496 e. The number of hydrogen-bond donors (Lipinski definition) is 1. The van der Waals surface area contributed by atoms with Crippen molar-refractivity contribution in [2.24, 2.45) is 0 Å². The number of nitrogens with one attached hydrogen (secondary N) is 1. The summed E-state index contributed by atoms with van der Waals surface area (Å²) in [6.07, 6.45) is 1.60. The van der Waals surface area contributed by atoms with Gasteiger partial charge in [0.2, 0.25) is 0 Å². The fraction of sp³-hybridized carbons (Fsp3) is 0.481. The Bertz CT molecular complexity index is 949. The number of carbonyl (C=O) groups is 2. The van der Waals surface area contributed by atoms with Crippen molar-refractivity contribution in [3.05, 3.63) is 52.6 Å². The van der Waals surface area contributed by atoms with Crippen molar-refractivity contribution in [2.45, 2.75) is 53.4 Å². The quantitative estimate of drug-likeness (QED) is 0.418. The molecule has 0 heterocycles. The summed E-state index contributed by atoms with van der Waals surface area (Å²) < 4.78 is 21.8. The molecule has 2 aromatic rings. The molecule has 0 aliphatic heterocycles. The molecule has 0 amide bonds. The van der Waals surface area contributed by atoms with Gasteiger partial charge in [0, 0.05) is 12.0 Å². The van der Waals surface area contributed by atoms with Gasteiger partial charge in [0.15, 0.2) is 0 Å². The Hall–Kier alpha value is -3.06. The zero-order valence-electron chi connectivity index (χ0n) is 21.2. The van der Waals surface area contributed by atoms with E-state index in [9.17, 15) is 9.59 Å². The minimum absolute atomic E-state index is 0.0180. The van der Waals surface area contributed by atoms with E-state index < -0.39 is 11.9 Å². The van der Waals surface area contributed by atoms with Gasteiger partial charge in [0.05, 0.1) is 33.4 Å². The summed E-state index contributed by atoms with van der Waals surface area (Å²) in [5.41, 5.74) is 4.22. The van der Waals surface area contributed by atoms with E-state index in [1.807, 2.05) is 38.1 Å². The minimum Gasteiger partial charge on any atom is -0.496 e. The van der Waals surface area contributed by atoms with Gasteiger partial charge in [0.25, 0.3) is 0 Å². The van der Waals surface area contributed by atoms with Crippen molar-refractivity contribution in [3.8, 4) is 17.2 Å². The lowest BCUT2D eigenvalue weighted by molar-refractivity contribution is -0.143. The molecule has 0 aromatic heterocycles. The van der Waals surface area contributed by atoms with Crippen LogP contribution in [0.25, 0.3) is 0 Å². The molecule has 34 heavy (non-hydrogen) atoms. The number of rotatable bonds is 13. The molecular formula is C27H37NO6. The van der Waals surface area contributed by atoms with Crippen molar-refractivity contribution < 1.29 is 28.5 Å². The van der Waals surface area contributed by atoms with E-state index in [0.29, 0.717) is 18.9 Å². The van der Waals surface area contributed by atoms with Crippen LogP contribution in [0.1, 0.15) is 55.4 Å². The second kappa shape index (κ2) is 13.6. The van der Waals surface area contributed by atoms with Gasteiger partial charge in [-0.1, -0.05) is 26.0 Å². The van der Waals surface area contributed by atoms with Gasteiger partial charge in [-0.15, -0.1) is 0 Å². The topological polar surface area (TPSA) is 83.1 Å². The summed E-state index contributed by atoms with van der Waals surface area (Å²) in [6, 6.07) is 10.0. The normalized spacial score (nSPS) is 11.6. The van der Waals surface area contributed by atoms with E-state index >= 15 is 0 Å². The van der Waals surface area contributed by atoms with Gasteiger partial charge < -0.3 is 18.9 Å². The van der Waals surface area contributed by atoms with Crippen LogP contribution >= 0.6 is 0 Å². The lowest BCUT2D eigenvalue weighted by Gasteiger charge is -2.18. The molecule has 1 N–H and O–H groups in total. The molecule has 7 heteroatoms. The third-order valence-corrected chi connectivity index (χ3v) is 5.58. The smallest absolute Gasteiger partial charge is 0.319 e. The van der Waals surface area contributed by atoms with Crippen LogP contribution in [0.15, 0.2) is 30.3 Å². The lowest BCUT2D eigenvalue weighted by atomic mass is 9.97. The van der Waals surface area contributed by atoms with E-state index in [1.54, 1.807) is 14.0 Å². The molecule has 7 nitrogen and oxygen atoms in total. The summed E-state index contributed by atoms with van der Waals surface area (Å²) in [4.78, 5) is 23.1. The average molecular weight is 472 g/mol. The predicted octanol–water partition coefficient (Wildman–Crippen LogP) is 4.86. The van der Waals surface area contributed by atoms with Crippen molar-refractivity contribution >= 4 is 11.9 Å². The van der Waals surface area contributed by atoms with Crippen LogP contribution < -0.4 is 14.8 Å². The fourth-order valence-corrected chi connectivity index (χ4v) is 3.66. The van der Waals surface area contributed by atoms with E-state index in [2.05, 4.69) is 25.2 Å². The number of carbonyl (C=O) groups excluding carboxylic acids is 2. The molecule has 0 saturated heterocycles. The number of aryl methyl sites for hydroxylation is 2. The van der Waals surface area contributed by atoms with Gasteiger partial charge in [-0.25, -0.2) is 0 Å². The zero-order chi connectivity index (χ0) is 25.1. The lowest BCUT2D eigenvalue weighted by Crippen LogP contribution is -2.31. The van der Waals surface area contributed by atoms with Crippen molar-refractivity contribution in [3.63, 3.8) is 0 Å². The Labute approximate surface area is 202 Å². The van der Waals surface area contributed by atoms with Crippen LogP contribution in [0.3, 0.4) is 0 Å². The first kappa shape index (κ1) is 27.2. The average Bonchev–Trinajstić information content (AvgIpc) is 2.81. The molecule has 0 aliphatic carbocycles. The SMILES string of the molecule is CCOC(=O)CNCC(=O)OCCc1cc(C)c(Oc2ccc(OC)c(C(C)CC)c2)c(C)c1. The molecule has 0 bridgehead atoms. The molecule has 0 radical (unpaired) electrons. The van der Waals surface area contributed by atoms with Crippen molar-refractivity contribution in [1.82, 2.24) is 5.32 Å². The Morgan fingerprint density at radius 2 is 1.62 bits per heavy atom. The first-order valence-corrected chi connectivity index (χ1v) is 11.8. The van der Waals surface area contributed by atoms with Gasteiger partial charge in [-0.3, -0.25) is 14.9 Å². The highest BCUT2D eigenvalue weighted by Crippen LogP contribution is 2.36. The van der Waals surface area contributed by atoms with E-state index in [4.69, 9.17) is 18.9 Å². The first-order valence-electron chi connectivity index (χ1n) is 11.8. The highest BCUT2D eigenvalue weighted by molar-refractivity contribution is 5.74. The van der Waals surface area contributed by atoms with Crippen molar-refractivity contribution in [2.75, 3.05) is 33.4 Å². The third-order valence-electron chi connectivity index (χ3n) is 5.58. The summed E-state index contributed by atoms with van der Waals surface area (Å²) in [5.74, 6) is 2.04. The van der Waals surface area contributed by atoms with Gasteiger partial charge in [0.1, 0.15) is 17.2 Å². The van der Waals surface area contributed by atoms with Crippen LogP contribution in [-0.2, 0) is 25.5 Å². The molecule has 0 spiro atoms. The molecule has 0 saturated carbocycles. The number of esters is 2. The standard InChI is InChI=1S/C27H37NO6/c1-7-18(3)23-15-22(9-10-24(23)31-6)34-27-19(4)13-21(14-20(27)5)11-12-33-26(30)17-28-16-25(29)32-8-2/h9-10,13-15,18,28H,7-8,11-12,16-17H2,1-6H3. The zero-order valence-corrected chi connectivity index (χ0v) is 21.2. The third kappa shape index (κ3) is 8.06. The molecule has 0 fully saturated rings. The molecule has 186 valence electrons. The number of ether oxygens (including phenoxy) is 4. The maximum absolute atomic E-state index is 11.8. The van der Waals surface area contributed by atoms with E-state index in [-0.39, 0.29) is 19.7 Å². The maximum atomic E-state index is 11.8. The Morgan fingerprint density at radius 3 is 2.21 bits per heavy atom. The molecule has 2 rings (SSSR count). The van der Waals surface area contributed by atoms with Crippen LogP contribution in [0, 0.1) is 13.8 Å². The number of benzene rings is 2. The van der Waals surface area contributed by atoms with Gasteiger partial charge in [-0.2, -0.15) is 0 Å². The van der Waals surface area contributed by atoms with Crippen LogP contribution in [0.5, 0.6) is 17.2 Å². The number of methoxy groups -OCH3 is 1. The van der Waals surface area contributed by atoms with E-state index in [1.165, 1.54) is 0 Å². The molecule has 0 aliphatic rings. The predicted molar refractivity (Wildman–Crippen MR) is 132 cm³/mol. The second-order valence-electron chi connectivity index (χ2n) is 8.25. The first-order chi connectivity index (χ1) is 16.3. The monoisotopic (exact) mass is 471 g/mol. The molecule has 1 atom stereocenters. The summed E-state index contributed by atoms with van der Waals surface area (Å²) >= 11 is 0. The minimum atomic E-state index is -0.408. The van der Waals surface area contributed by atoms with Crippen LogP contribution in [0.2, 0.25) is 0 Å².